The minimum Gasteiger partial charge on any atom is -0.383 e. The Balaban J connectivity index is 2.63. The summed E-state index contributed by atoms with van der Waals surface area (Å²) >= 11 is 0. The number of hydrogen-bond acceptors (Lipinski definition) is 4. The maximum Gasteiger partial charge on any atom is 0.240 e. The molecule has 0 atom stereocenters. The largest absolute Gasteiger partial charge is 0.383 e. The Morgan fingerprint density at radius 1 is 1.56 bits per heavy atom. The van der Waals surface area contributed by atoms with E-state index in [1.165, 1.54) is 0 Å². The Bertz CT molecular complexity index is 387. The second-order valence-corrected chi connectivity index (χ2v) is 4.62. The molecule has 1 aromatic rings. The summed E-state index contributed by atoms with van der Waals surface area (Å²) in [6.45, 7) is 5.40. The molecule has 18 heavy (non-hydrogen) atoms. The van der Waals surface area contributed by atoms with Crippen molar-refractivity contribution < 1.29 is 9.53 Å². The number of carbonyl (C=O) groups is 1. The van der Waals surface area contributed by atoms with Crippen molar-refractivity contribution in [2.24, 2.45) is 0 Å². The number of aromatic nitrogens is 2. The zero-order valence-electron chi connectivity index (χ0n) is 11.5. The summed E-state index contributed by atoms with van der Waals surface area (Å²) in [5.74, 6) is -0.0433. The lowest BCUT2D eigenvalue weighted by Crippen LogP contribution is -2.37. The quantitative estimate of drug-likeness (QED) is 0.677. The van der Waals surface area contributed by atoms with Crippen LogP contribution < -0.4 is 10.6 Å². The Labute approximate surface area is 108 Å². The first-order valence-electron chi connectivity index (χ1n) is 5.96. The van der Waals surface area contributed by atoms with Gasteiger partial charge in [0.15, 0.2) is 0 Å². The van der Waals surface area contributed by atoms with Gasteiger partial charge in [-0.3, -0.25) is 4.79 Å². The van der Waals surface area contributed by atoms with Crippen LogP contribution in [0.1, 0.15) is 19.5 Å². The molecule has 6 heteroatoms. The molecule has 6 nitrogen and oxygen atoms in total. The van der Waals surface area contributed by atoms with Crippen LogP contribution in [0.15, 0.2) is 12.5 Å². The molecule has 0 bridgehead atoms. The summed E-state index contributed by atoms with van der Waals surface area (Å²) in [6, 6.07) is 0. The van der Waals surface area contributed by atoms with Gasteiger partial charge in [-0.25, -0.2) is 4.98 Å². The molecule has 0 aliphatic rings. The number of rotatable bonds is 7. The van der Waals surface area contributed by atoms with Crippen molar-refractivity contribution in [1.82, 2.24) is 20.2 Å². The van der Waals surface area contributed by atoms with Crippen molar-refractivity contribution >= 4 is 5.91 Å². The maximum absolute atomic E-state index is 11.7. The topological polar surface area (TPSA) is 68.2 Å². The SMILES string of the molecule is CNC(C)(C)c1cncn1CC(=O)NCCOC. The van der Waals surface area contributed by atoms with Crippen LogP contribution in [0, 0.1) is 0 Å². The van der Waals surface area contributed by atoms with Crippen molar-refractivity contribution in [2.75, 3.05) is 27.3 Å². The average molecular weight is 254 g/mol. The molecule has 0 radical (unpaired) electrons. The third-order valence-electron chi connectivity index (χ3n) is 2.92. The van der Waals surface area contributed by atoms with E-state index in [2.05, 4.69) is 15.6 Å². The van der Waals surface area contributed by atoms with E-state index in [4.69, 9.17) is 4.74 Å². The molecular formula is C12H22N4O2. The highest BCUT2D eigenvalue weighted by Crippen LogP contribution is 2.18. The molecule has 0 aliphatic carbocycles. The van der Waals surface area contributed by atoms with Crippen molar-refractivity contribution in [3.63, 3.8) is 0 Å². The summed E-state index contributed by atoms with van der Waals surface area (Å²) in [5, 5.41) is 5.98. The molecule has 0 spiro atoms. The molecule has 1 amide bonds. The first-order valence-corrected chi connectivity index (χ1v) is 5.96. The Kier molecular flexibility index (Phi) is 5.30. The average Bonchev–Trinajstić information content (AvgIpc) is 2.78. The van der Waals surface area contributed by atoms with Crippen molar-refractivity contribution in [1.29, 1.82) is 0 Å². The van der Waals surface area contributed by atoms with Crippen LogP contribution in [0.25, 0.3) is 0 Å². The van der Waals surface area contributed by atoms with E-state index >= 15 is 0 Å². The van der Waals surface area contributed by atoms with Crippen molar-refractivity contribution in [2.45, 2.75) is 25.9 Å². The van der Waals surface area contributed by atoms with Crippen LogP contribution in [-0.2, 0) is 21.6 Å². The van der Waals surface area contributed by atoms with Crippen LogP contribution in [0.5, 0.6) is 0 Å². The number of ether oxygens (including phenoxy) is 1. The molecule has 0 aromatic carbocycles. The number of methoxy groups -OCH3 is 1. The molecule has 1 rings (SSSR count). The molecular weight excluding hydrogens is 232 g/mol. The van der Waals surface area contributed by atoms with Crippen molar-refractivity contribution in [3.05, 3.63) is 18.2 Å². The van der Waals surface area contributed by atoms with E-state index < -0.39 is 0 Å². The lowest BCUT2D eigenvalue weighted by Gasteiger charge is -2.25. The number of hydrogen-bond donors (Lipinski definition) is 2. The smallest absolute Gasteiger partial charge is 0.240 e. The highest BCUT2D eigenvalue weighted by atomic mass is 16.5. The van der Waals surface area contributed by atoms with Crippen LogP contribution in [0.4, 0.5) is 0 Å². The number of carbonyl (C=O) groups excluding carboxylic acids is 1. The highest BCUT2D eigenvalue weighted by Gasteiger charge is 2.22. The highest BCUT2D eigenvalue weighted by molar-refractivity contribution is 5.75. The lowest BCUT2D eigenvalue weighted by atomic mass is 10.0. The van der Waals surface area contributed by atoms with Gasteiger partial charge in [-0.15, -0.1) is 0 Å². The fourth-order valence-electron chi connectivity index (χ4n) is 1.60. The first-order chi connectivity index (χ1) is 8.51. The fraction of sp³-hybridized carbons (Fsp3) is 0.667. The summed E-state index contributed by atoms with van der Waals surface area (Å²) in [4.78, 5) is 15.8. The van der Waals surface area contributed by atoms with Gasteiger partial charge in [0.25, 0.3) is 0 Å². The van der Waals surface area contributed by atoms with Gasteiger partial charge < -0.3 is 19.9 Å². The van der Waals surface area contributed by atoms with Gasteiger partial charge in [0.05, 0.1) is 30.4 Å². The minimum absolute atomic E-state index is 0.0433. The number of amides is 1. The maximum atomic E-state index is 11.7. The molecule has 0 unspecified atom stereocenters. The van der Waals surface area contributed by atoms with Gasteiger partial charge in [-0.05, 0) is 20.9 Å². The molecule has 2 N–H and O–H groups in total. The van der Waals surface area contributed by atoms with E-state index in [-0.39, 0.29) is 18.0 Å². The monoisotopic (exact) mass is 254 g/mol. The second kappa shape index (κ2) is 6.51. The van der Waals surface area contributed by atoms with E-state index in [0.717, 1.165) is 5.69 Å². The van der Waals surface area contributed by atoms with Gasteiger partial charge in [0, 0.05) is 13.7 Å². The zero-order valence-corrected chi connectivity index (χ0v) is 11.5. The predicted molar refractivity (Wildman–Crippen MR) is 69.2 cm³/mol. The van der Waals surface area contributed by atoms with Crippen molar-refractivity contribution in [3.8, 4) is 0 Å². The number of nitrogens with zero attached hydrogens (tertiary/aromatic N) is 2. The zero-order chi connectivity index (χ0) is 13.6. The van der Waals surface area contributed by atoms with Gasteiger partial charge in [-0.1, -0.05) is 0 Å². The lowest BCUT2D eigenvalue weighted by molar-refractivity contribution is -0.121. The Morgan fingerprint density at radius 2 is 2.28 bits per heavy atom. The predicted octanol–water partition coefficient (Wildman–Crippen LogP) is 0.100. The molecule has 0 aliphatic heterocycles. The van der Waals surface area contributed by atoms with E-state index in [1.54, 1.807) is 19.6 Å². The normalized spacial score (nSPS) is 11.6. The summed E-state index contributed by atoms with van der Waals surface area (Å²) < 4.78 is 6.72. The molecule has 0 saturated carbocycles. The molecule has 1 aromatic heterocycles. The minimum atomic E-state index is -0.219. The number of imidazole rings is 1. The van der Waals surface area contributed by atoms with Crippen LogP contribution in [0.3, 0.4) is 0 Å². The van der Waals surface area contributed by atoms with E-state index in [1.807, 2.05) is 25.5 Å². The molecule has 0 saturated heterocycles. The van der Waals surface area contributed by atoms with Gasteiger partial charge in [0.1, 0.15) is 6.54 Å². The standard InChI is InChI=1S/C12H22N4O2/c1-12(2,13-3)10-7-14-9-16(10)8-11(17)15-5-6-18-4/h7,9,13H,5-6,8H2,1-4H3,(H,15,17). The molecule has 0 fully saturated rings. The summed E-state index contributed by atoms with van der Waals surface area (Å²) in [7, 11) is 3.49. The fourth-order valence-corrected chi connectivity index (χ4v) is 1.60. The van der Waals surface area contributed by atoms with Crippen LogP contribution >= 0.6 is 0 Å². The Morgan fingerprint density at radius 3 is 2.89 bits per heavy atom. The van der Waals surface area contributed by atoms with Crippen LogP contribution in [-0.4, -0.2) is 42.8 Å². The summed E-state index contributed by atoms with van der Waals surface area (Å²) in [6.07, 6.45) is 3.45. The molecule has 102 valence electrons. The van der Waals surface area contributed by atoms with Crippen LogP contribution in [0.2, 0.25) is 0 Å². The Hall–Kier alpha value is -1.40. The van der Waals surface area contributed by atoms with Gasteiger partial charge >= 0.3 is 0 Å². The van der Waals surface area contributed by atoms with Gasteiger partial charge in [0.2, 0.25) is 5.91 Å². The van der Waals surface area contributed by atoms with E-state index in [0.29, 0.717) is 13.2 Å². The summed E-state index contributed by atoms with van der Waals surface area (Å²) in [5.41, 5.74) is 0.760. The molecule has 1 heterocycles. The first kappa shape index (κ1) is 14.7. The third kappa shape index (κ3) is 3.82. The van der Waals surface area contributed by atoms with Gasteiger partial charge in [-0.2, -0.15) is 0 Å². The third-order valence-corrected chi connectivity index (χ3v) is 2.92. The second-order valence-electron chi connectivity index (χ2n) is 4.62. The van der Waals surface area contributed by atoms with E-state index in [9.17, 15) is 4.79 Å². The number of nitrogens with one attached hydrogen (secondary N) is 2.